The maximum Gasteiger partial charge on any atom is 0.416 e. The Labute approximate surface area is 184 Å². The Kier molecular flexibility index (Phi) is 6.76. The first-order valence-electron chi connectivity index (χ1n) is 8.75. The third-order valence-corrected chi connectivity index (χ3v) is 5.30. The van der Waals surface area contributed by atoms with Gasteiger partial charge < -0.3 is 9.46 Å². The van der Waals surface area contributed by atoms with E-state index in [2.05, 4.69) is 9.71 Å². The minimum absolute atomic E-state index is 0.0220. The SMILES string of the molecule is COc1cccc(F)c1C(=O)c1ncc(Cl)cc1NSc1ccc(C)c(C(F)(F)F)c1. The van der Waals surface area contributed by atoms with Crippen LogP contribution in [-0.4, -0.2) is 17.9 Å². The van der Waals surface area contributed by atoms with Crippen molar-refractivity contribution >= 4 is 35.0 Å². The van der Waals surface area contributed by atoms with Crippen LogP contribution < -0.4 is 9.46 Å². The monoisotopic (exact) mass is 470 g/mol. The Morgan fingerprint density at radius 1 is 1.19 bits per heavy atom. The van der Waals surface area contributed by atoms with Crippen LogP contribution in [0.2, 0.25) is 5.02 Å². The molecule has 0 unspecified atom stereocenters. The summed E-state index contributed by atoms with van der Waals surface area (Å²) >= 11 is 6.81. The predicted molar refractivity (Wildman–Crippen MR) is 111 cm³/mol. The summed E-state index contributed by atoms with van der Waals surface area (Å²) in [5, 5.41) is 0.181. The molecule has 0 saturated heterocycles. The molecule has 0 saturated carbocycles. The number of halogens is 5. The van der Waals surface area contributed by atoms with Crippen molar-refractivity contribution in [3.8, 4) is 5.75 Å². The van der Waals surface area contributed by atoms with Crippen molar-refractivity contribution in [2.75, 3.05) is 11.8 Å². The number of carbonyl (C=O) groups is 1. The second kappa shape index (κ2) is 9.15. The molecule has 4 nitrogen and oxygen atoms in total. The second-order valence-corrected chi connectivity index (χ2v) is 7.69. The maximum atomic E-state index is 14.3. The first-order chi connectivity index (χ1) is 14.6. The van der Waals surface area contributed by atoms with E-state index in [9.17, 15) is 22.4 Å². The van der Waals surface area contributed by atoms with Crippen LogP contribution in [0.15, 0.2) is 53.6 Å². The van der Waals surface area contributed by atoms with E-state index in [4.69, 9.17) is 16.3 Å². The maximum absolute atomic E-state index is 14.3. The van der Waals surface area contributed by atoms with Gasteiger partial charge in [-0.2, -0.15) is 13.2 Å². The number of benzene rings is 2. The molecule has 162 valence electrons. The van der Waals surface area contributed by atoms with E-state index in [0.29, 0.717) is 0 Å². The number of anilines is 1. The Morgan fingerprint density at radius 2 is 1.94 bits per heavy atom. The molecule has 2 aromatic carbocycles. The van der Waals surface area contributed by atoms with Crippen LogP contribution >= 0.6 is 23.5 Å². The molecule has 0 spiro atoms. The summed E-state index contributed by atoms with van der Waals surface area (Å²) in [5.41, 5.74) is -1.05. The lowest BCUT2D eigenvalue weighted by Gasteiger charge is -2.14. The highest BCUT2D eigenvalue weighted by atomic mass is 35.5. The molecule has 0 amide bonds. The Bertz CT molecular complexity index is 1140. The fourth-order valence-electron chi connectivity index (χ4n) is 2.80. The largest absolute Gasteiger partial charge is 0.496 e. The van der Waals surface area contributed by atoms with Gasteiger partial charge in [0, 0.05) is 11.1 Å². The van der Waals surface area contributed by atoms with Crippen LogP contribution in [0.25, 0.3) is 0 Å². The van der Waals surface area contributed by atoms with E-state index < -0.39 is 23.3 Å². The molecule has 1 heterocycles. The minimum atomic E-state index is -4.50. The van der Waals surface area contributed by atoms with Crippen molar-refractivity contribution < 1.29 is 27.1 Å². The van der Waals surface area contributed by atoms with Crippen LogP contribution in [0.3, 0.4) is 0 Å². The minimum Gasteiger partial charge on any atom is -0.496 e. The fourth-order valence-corrected chi connectivity index (χ4v) is 3.65. The van der Waals surface area contributed by atoms with Gasteiger partial charge >= 0.3 is 6.18 Å². The molecule has 0 atom stereocenters. The number of alkyl halides is 3. The molecule has 0 aliphatic carbocycles. The molecule has 0 radical (unpaired) electrons. The molecule has 3 rings (SSSR count). The van der Waals surface area contributed by atoms with E-state index in [-0.39, 0.29) is 38.2 Å². The number of hydrogen-bond acceptors (Lipinski definition) is 5. The Balaban J connectivity index is 1.95. The summed E-state index contributed by atoms with van der Waals surface area (Å²) < 4.78 is 61.7. The topological polar surface area (TPSA) is 51.2 Å². The van der Waals surface area contributed by atoms with Gasteiger partial charge in [0.15, 0.2) is 0 Å². The quantitative estimate of drug-likeness (QED) is 0.251. The summed E-state index contributed by atoms with van der Waals surface area (Å²) in [4.78, 5) is 17.2. The van der Waals surface area contributed by atoms with Gasteiger partial charge in [0.1, 0.15) is 22.8 Å². The molecular formula is C21H15ClF4N2O2S. The number of pyridine rings is 1. The van der Waals surface area contributed by atoms with E-state index >= 15 is 0 Å². The number of aryl methyl sites for hydroxylation is 1. The van der Waals surface area contributed by atoms with Crippen molar-refractivity contribution in [1.29, 1.82) is 0 Å². The highest BCUT2D eigenvalue weighted by Gasteiger charge is 2.32. The van der Waals surface area contributed by atoms with E-state index in [0.717, 1.165) is 24.1 Å². The van der Waals surface area contributed by atoms with Crippen LogP contribution in [0, 0.1) is 12.7 Å². The average Bonchev–Trinajstić information content (AvgIpc) is 2.71. The zero-order valence-electron chi connectivity index (χ0n) is 16.2. The van der Waals surface area contributed by atoms with Gasteiger partial charge in [-0.05, 0) is 54.8 Å². The van der Waals surface area contributed by atoms with Crippen LogP contribution in [-0.2, 0) is 6.18 Å². The number of hydrogen-bond donors (Lipinski definition) is 1. The standard InChI is InChI=1S/C21H15ClF4N2O2S/c1-11-6-7-13(9-14(11)21(24,25)26)31-28-16-8-12(22)10-27-19(16)20(29)18-15(23)4-3-5-17(18)30-2/h3-10,28H,1-2H3. The lowest BCUT2D eigenvalue weighted by molar-refractivity contribution is -0.138. The molecule has 0 fully saturated rings. The second-order valence-electron chi connectivity index (χ2n) is 6.37. The predicted octanol–water partition coefficient (Wildman–Crippen LogP) is 6.56. The molecule has 0 bridgehead atoms. The molecule has 10 heteroatoms. The number of ketones is 1. The van der Waals surface area contributed by atoms with Crippen molar-refractivity contribution in [2.45, 2.75) is 18.0 Å². The number of ether oxygens (including phenoxy) is 1. The highest BCUT2D eigenvalue weighted by Crippen LogP contribution is 2.35. The van der Waals surface area contributed by atoms with Crippen molar-refractivity contribution in [3.05, 3.63) is 81.9 Å². The van der Waals surface area contributed by atoms with Crippen molar-refractivity contribution in [2.24, 2.45) is 0 Å². The normalized spacial score (nSPS) is 11.3. The van der Waals surface area contributed by atoms with Gasteiger partial charge in [-0.25, -0.2) is 9.37 Å². The Hall–Kier alpha value is -2.78. The smallest absolute Gasteiger partial charge is 0.416 e. The first kappa shape index (κ1) is 22.9. The summed E-state index contributed by atoms with van der Waals surface area (Å²) in [7, 11) is 1.30. The number of methoxy groups -OCH3 is 1. The zero-order valence-corrected chi connectivity index (χ0v) is 17.8. The van der Waals surface area contributed by atoms with Gasteiger partial charge in [-0.1, -0.05) is 23.7 Å². The highest BCUT2D eigenvalue weighted by molar-refractivity contribution is 8.00. The van der Waals surface area contributed by atoms with Crippen LogP contribution in [0.1, 0.15) is 27.2 Å². The Morgan fingerprint density at radius 3 is 2.61 bits per heavy atom. The average molecular weight is 471 g/mol. The molecule has 3 aromatic rings. The third-order valence-electron chi connectivity index (χ3n) is 4.29. The number of aromatic nitrogens is 1. The van der Waals surface area contributed by atoms with Gasteiger partial charge in [-0.15, -0.1) is 0 Å². The molecule has 0 aliphatic rings. The van der Waals surface area contributed by atoms with E-state index in [1.807, 2.05) is 0 Å². The molecule has 31 heavy (non-hydrogen) atoms. The zero-order chi connectivity index (χ0) is 22.8. The van der Waals surface area contributed by atoms with Crippen LogP contribution in [0.4, 0.5) is 23.2 Å². The first-order valence-corrected chi connectivity index (χ1v) is 9.94. The van der Waals surface area contributed by atoms with Gasteiger partial charge in [-0.3, -0.25) is 4.79 Å². The third kappa shape index (κ3) is 5.11. The molecule has 0 aliphatic heterocycles. The fraction of sp³-hybridized carbons (Fsp3) is 0.143. The summed E-state index contributed by atoms with van der Waals surface area (Å²) in [6, 6.07) is 9.15. The summed E-state index contributed by atoms with van der Waals surface area (Å²) in [6.45, 7) is 1.37. The number of rotatable bonds is 6. The lowest BCUT2D eigenvalue weighted by atomic mass is 10.0. The van der Waals surface area contributed by atoms with Crippen molar-refractivity contribution in [3.63, 3.8) is 0 Å². The van der Waals surface area contributed by atoms with Crippen molar-refractivity contribution in [1.82, 2.24) is 4.98 Å². The molecular weight excluding hydrogens is 456 g/mol. The van der Waals surface area contributed by atoms with Gasteiger partial charge in [0.25, 0.3) is 0 Å². The lowest BCUT2D eigenvalue weighted by Crippen LogP contribution is -2.11. The number of nitrogens with one attached hydrogen (secondary N) is 1. The van der Waals surface area contributed by atoms with Gasteiger partial charge in [0.05, 0.1) is 23.4 Å². The van der Waals surface area contributed by atoms with E-state index in [1.165, 1.54) is 50.6 Å². The molecule has 1 aromatic heterocycles. The number of carbonyl (C=O) groups excluding carboxylic acids is 1. The van der Waals surface area contributed by atoms with Gasteiger partial charge in [0.2, 0.25) is 5.78 Å². The van der Waals surface area contributed by atoms with Crippen LogP contribution in [0.5, 0.6) is 5.75 Å². The van der Waals surface area contributed by atoms with E-state index in [1.54, 1.807) is 0 Å². The molecule has 1 N–H and O–H groups in total. The summed E-state index contributed by atoms with van der Waals surface area (Å²) in [5.74, 6) is -1.55. The number of nitrogens with zero attached hydrogens (tertiary/aromatic N) is 1. The summed E-state index contributed by atoms with van der Waals surface area (Å²) in [6.07, 6.45) is -3.29.